The molecule has 4 aromatic heterocycles. The van der Waals surface area contributed by atoms with Gasteiger partial charge in [0.15, 0.2) is 16.9 Å². The molecule has 5 aliphatic rings. The molecule has 1 aliphatic carbocycles. The van der Waals surface area contributed by atoms with Gasteiger partial charge in [0.2, 0.25) is 17.7 Å². The van der Waals surface area contributed by atoms with Gasteiger partial charge < -0.3 is 29.7 Å². The van der Waals surface area contributed by atoms with E-state index in [1.54, 1.807) is 16.9 Å². The van der Waals surface area contributed by atoms with Crippen LogP contribution in [0.4, 0.5) is 26.0 Å². The fraction of sp³-hybridized carbons (Fsp3) is 0.467. The molecule has 1 saturated carbocycles. The summed E-state index contributed by atoms with van der Waals surface area (Å²) in [6, 6.07) is 11.3. The molecule has 4 aliphatic heterocycles. The Bertz CT molecular complexity index is 2830. The summed E-state index contributed by atoms with van der Waals surface area (Å²) in [6.07, 6.45) is 6.89. The van der Waals surface area contributed by atoms with E-state index in [1.807, 2.05) is 30.3 Å². The molecule has 4 saturated heterocycles. The van der Waals surface area contributed by atoms with Crippen LogP contribution in [0.3, 0.4) is 0 Å². The van der Waals surface area contributed by atoms with Crippen LogP contribution in [0.15, 0.2) is 59.5 Å². The lowest BCUT2D eigenvalue weighted by molar-refractivity contribution is -0.134. The van der Waals surface area contributed by atoms with E-state index in [9.17, 15) is 28.0 Å². The Labute approximate surface area is 370 Å². The standard InChI is InChI=1S/C45H48F2N12O6/c46-42(47)41-34(50-45(63)32-19-48-58-13-12-36(51-43(32)58)57-21-28-18-27(57)24-64-28)22-59(53-41)26-6-4-25(5-7-26)20-55-14-16-56(17-15-55)23-38(61)49-33-3-1-2-30-29(33)8-10-35-39(30)40(54-65-35)31-9-11-37(60)52-44(31)62/h1-3,8,10,12-13,19,22,25-28,31,42H,4-7,9,11,14-18,20-21,23-24H2,(H,49,61)(H,50,63)(H,52,60,62). The van der Waals surface area contributed by atoms with Crippen molar-refractivity contribution in [3.8, 4) is 0 Å². The molecule has 65 heavy (non-hydrogen) atoms. The van der Waals surface area contributed by atoms with Gasteiger partial charge in [-0.15, -0.1) is 0 Å². The number of piperazine rings is 1. The topological polar surface area (TPSA) is 197 Å². The molecule has 0 radical (unpaired) electrons. The van der Waals surface area contributed by atoms with E-state index < -0.39 is 29.9 Å². The third-order valence-corrected chi connectivity index (χ3v) is 13.9. The number of hydrogen-bond donors (Lipinski definition) is 3. The normalized spacial score (nSPS) is 24.2. The quantitative estimate of drug-likeness (QED) is 0.149. The maximum Gasteiger partial charge on any atom is 0.284 e. The number of aromatic nitrogens is 6. The van der Waals surface area contributed by atoms with E-state index >= 15 is 0 Å². The number of amides is 4. The van der Waals surface area contributed by atoms with Gasteiger partial charge >= 0.3 is 0 Å². The number of anilines is 3. The highest BCUT2D eigenvalue weighted by atomic mass is 19.3. The summed E-state index contributed by atoms with van der Waals surface area (Å²) < 4.78 is 43.1. The molecule has 5 fully saturated rings. The maximum atomic E-state index is 14.3. The Morgan fingerprint density at radius 1 is 0.923 bits per heavy atom. The number of nitrogens with zero attached hydrogens (tertiary/aromatic N) is 9. The SMILES string of the molecule is O=C1CCC(c2noc3ccc4c(NC(=O)CN5CCN(CC6CCC(n7cc(NC(=O)c8cnn9ccc(N%10CC%11CC%10CO%11)nc89)c(C(F)F)n7)CC6)CC5)cccc4c23)C(=O)N1. The summed E-state index contributed by atoms with van der Waals surface area (Å²) >= 11 is 0. The van der Waals surface area contributed by atoms with Crippen LogP contribution in [0.25, 0.3) is 27.4 Å². The summed E-state index contributed by atoms with van der Waals surface area (Å²) in [5, 5.41) is 23.3. The highest BCUT2D eigenvalue weighted by Gasteiger charge is 2.40. The molecule has 4 amide bonds. The molecule has 11 rings (SSSR count). The summed E-state index contributed by atoms with van der Waals surface area (Å²) in [7, 11) is 0. The largest absolute Gasteiger partial charge is 0.374 e. The summed E-state index contributed by atoms with van der Waals surface area (Å²) in [6.45, 7) is 5.68. The molecule has 3 N–H and O–H groups in total. The monoisotopic (exact) mass is 890 g/mol. The number of imide groups is 1. The first kappa shape index (κ1) is 41.3. The fourth-order valence-electron chi connectivity index (χ4n) is 10.5. The lowest BCUT2D eigenvalue weighted by atomic mass is 9.85. The zero-order chi connectivity index (χ0) is 44.3. The number of nitrogens with one attached hydrogen (secondary N) is 3. The second kappa shape index (κ2) is 16.9. The molecule has 3 unspecified atom stereocenters. The number of rotatable bonds is 11. The molecule has 8 heterocycles. The van der Waals surface area contributed by atoms with Crippen molar-refractivity contribution < 1.29 is 37.2 Å². The number of hydrogen-bond acceptors (Lipinski definition) is 13. The van der Waals surface area contributed by atoms with Crippen molar-refractivity contribution in [3.63, 3.8) is 0 Å². The summed E-state index contributed by atoms with van der Waals surface area (Å²) in [5.41, 5.74) is 1.71. The summed E-state index contributed by atoms with van der Waals surface area (Å²) in [4.78, 5) is 62.9. The first-order chi connectivity index (χ1) is 31.6. The van der Waals surface area contributed by atoms with Crippen LogP contribution in [0.1, 0.15) is 85.1 Å². The highest BCUT2D eigenvalue weighted by molar-refractivity contribution is 6.14. The number of carbonyl (C=O) groups is 4. The number of piperidine rings is 1. The molecule has 2 bridgehead atoms. The number of ether oxygens (including phenoxy) is 1. The average Bonchev–Trinajstić information content (AvgIpc) is 4.17. The van der Waals surface area contributed by atoms with Crippen molar-refractivity contribution in [3.05, 3.63) is 71.9 Å². The Balaban J connectivity index is 0.667. The van der Waals surface area contributed by atoms with Gasteiger partial charge in [-0.25, -0.2) is 18.3 Å². The van der Waals surface area contributed by atoms with Crippen molar-refractivity contribution >= 4 is 68.2 Å². The van der Waals surface area contributed by atoms with Crippen LogP contribution in [-0.2, 0) is 19.1 Å². The maximum absolute atomic E-state index is 14.3. The molecule has 2 aromatic carbocycles. The number of halogens is 2. The smallest absolute Gasteiger partial charge is 0.284 e. The van der Waals surface area contributed by atoms with Gasteiger partial charge in [-0.1, -0.05) is 17.3 Å². The van der Waals surface area contributed by atoms with Crippen molar-refractivity contribution in [2.75, 3.05) is 68.0 Å². The minimum absolute atomic E-state index is 0.0193. The number of morpholine rings is 1. The summed E-state index contributed by atoms with van der Waals surface area (Å²) in [5.74, 6) is -0.836. The second-order valence-corrected chi connectivity index (χ2v) is 18.0. The van der Waals surface area contributed by atoms with E-state index in [-0.39, 0.29) is 54.2 Å². The van der Waals surface area contributed by atoms with Crippen molar-refractivity contribution in [1.29, 1.82) is 0 Å². The van der Waals surface area contributed by atoms with E-state index in [0.717, 1.165) is 88.0 Å². The minimum atomic E-state index is -2.87. The molecule has 0 spiro atoms. The van der Waals surface area contributed by atoms with Crippen LogP contribution in [-0.4, -0.2) is 128 Å². The molecule has 338 valence electrons. The van der Waals surface area contributed by atoms with Gasteiger partial charge in [-0.2, -0.15) is 10.2 Å². The third-order valence-electron chi connectivity index (χ3n) is 13.9. The first-order valence-electron chi connectivity index (χ1n) is 22.4. The number of carbonyl (C=O) groups excluding carboxylic acids is 4. The van der Waals surface area contributed by atoms with E-state index in [4.69, 9.17) is 14.2 Å². The van der Waals surface area contributed by atoms with E-state index in [2.05, 4.69) is 46.0 Å². The lowest BCUT2D eigenvalue weighted by Crippen LogP contribution is -2.49. The Morgan fingerprint density at radius 3 is 2.52 bits per heavy atom. The fourth-order valence-corrected chi connectivity index (χ4v) is 10.5. The van der Waals surface area contributed by atoms with Gasteiger partial charge in [0.25, 0.3) is 12.3 Å². The molecule has 6 aromatic rings. The van der Waals surface area contributed by atoms with Crippen LogP contribution in [0.2, 0.25) is 0 Å². The van der Waals surface area contributed by atoms with Crippen molar-refractivity contribution in [2.24, 2.45) is 5.92 Å². The number of fused-ring (bicyclic) bond motifs is 6. The molecule has 18 nitrogen and oxygen atoms in total. The molecule has 3 atom stereocenters. The van der Waals surface area contributed by atoms with Gasteiger partial charge in [0.1, 0.15) is 17.1 Å². The molecule has 20 heteroatoms. The van der Waals surface area contributed by atoms with Crippen molar-refractivity contribution in [1.82, 2.24) is 44.7 Å². The van der Waals surface area contributed by atoms with Crippen LogP contribution in [0.5, 0.6) is 0 Å². The van der Waals surface area contributed by atoms with Crippen LogP contribution in [0, 0.1) is 5.92 Å². The predicted octanol–water partition coefficient (Wildman–Crippen LogP) is 4.90. The predicted molar refractivity (Wildman–Crippen MR) is 233 cm³/mol. The third kappa shape index (κ3) is 7.96. The van der Waals surface area contributed by atoms with E-state index in [1.165, 1.54) is 16.9 Å². The Hall–Kier alpha value is -6.38. The minimum Gasteiger partial charge on any atom is -0.374 e. The zero-order valence-electron chi connectivity index (χ0n) is 35.5. The van der Waals surface area contributed by atoms with Crippen molar-refractivity contribution in [2.45, 2.75) is 75.5 Å². The molecular weight excluding hydrogens is 843 g/mol. The van der Waals surface area contributed by atoms with Gasteiger partial charge in [-0.3, -0.25) is 34.1 Å². The lowest BCUT2D eigenvalue weighted by Gasteiger charge is -2.38. The second-order valence-electron chi connectivity index (χ2n) is 18.0. The first-order valence-corrected chi connectivity index (χ1v) is 22.4. The van der Waals surface area contributed by atoms with E-state index in [0.29, 0.717) is 46.9 Å². The van der Waals surface area contributed by atoms with Gasteiger partial charge in [0.05, 0.1) is 54.5 Å². The number of alkyl halides is 2. The Kier molecular flexibility index (Phi) is 10.7. The average molecular weight is 891 g/mol. The van der Waals surface area contributed by atoms with Crippen LogP contribution >= 0.6 is 0 Å². The molecular formula is C45H48F2N12O6. The van der Waals surface area contributed by atoms with Crippen LogP contribution < -0.4 is 20.9 Å². The zero-order valence-corrected chi connectivity index (χ0v) is 35.5. The highest BCUT2D eigenvalue weighted by Crippen LogP contribution is 2.39. The van der Waals surface area contributed by atoms with Gasteiger partial charge in [-0.05, 0) is 74.1 Å². The Morgan fingerprint density at radius 2 is 1.75 bits per heavy atom. The number of benzene rings is 2. The van der Waals surface area contributed by atoms with Gasteiger partial charge in [0, 0.05) is 69.2 Å².